The highest BCUT2D eigenvalue weighted by atomic mass is 32.1. The van der Waals surface area contributed by atoms with Crippen molar-refractivity contribution in [1.82, 2.24) is 4.57 Å². The van der Waals surface area contributed by atoms with Crippen molar-refractivity contribution in [1.29, 1.82) is 0 Å². The van der Waals surface area contributed by atoms with Crippen molar-refractivity contribution in [2.75, 3.05) is 4.90 Å². The first kappa shape index (κ1) is 27.9. The van der Waals surface area contributed by atoms with E-state index in [2.05, 4.69) is 191 Å². The molecule has 0 atom stereocenters. The fourth-order valence-electron chi connectivity index (χ4n) is 7.63. The van der Waals surface area contributed by atoms with E-state index in [1.807, 2.05) is 11.3 Å². The molecule has 2 nitrogen and oxygen atoms in total. The van der Waals surface area contributed by atoms with Gasteiger partial charge in [-0.3, -0.25) is 0 Å². The third kappa shape index (κ3) is 4.40. The first-order valence-electron chi connectivity index (χ1n) is 16.7. The molecule has 0 aliphatic heterocycles. The van der Waals surface area contributed by atoms with Crippen molar-refractivity contribution in [3.8, 4) is 16.8 Å². The van der Waals surface area contributed by atoms with Crippen molar-refractivity contribution < 1.29 is 0 Å². The molecule has 0 aliphatic carbocycles. The van der Waals surface area contributed by atoms with Crippen LogP contribution < -0.4 is 4.90 Å². The number of benzene rings is 8. The monoisotopic (exact) mass is 642 g/mol. The van der Waals surface area contributed by atoms with Crippen LogP contribution in [0.15, 0.2) is 182 Å². The molecule has 0 saturated heterocycles. The third-order valence-electron chi connectivity index (χ3n) is 9.77. The van der Waals surface area contributed by atoms with Crippen molar-refractivity contribution >= 4 is 81.1 Å². The lowest BCUT2D eigenvalue weighted by atomic mass is 9.98. The Bertz CT molecular complexity index is 2810. The molecule has 10 aromatic rings. The van der Waals surface area contributed by atoms with Crippen molar-refractivity contribution in [3.63, 3.8) is 0 Å². The summed E-state index contributed by atoms with van der Waals surface area (Å²) in [5.74, 6) is 0. The molecular formula is C46H30N2S. The topological polar surface area (TPSA) is 8.17 Å². The Balaban J connectivity index is 1.16. The molecular weight excluding hydrogens is 613 g/mol. The predicted molar refractivity (Wildman–Crippen MR) is 211 cm³/mol. The Labute approximate surface area is 288 Å². The van der Waals surface area contributed by atoms with E-state index in [-0.39, 0.29) is 0 Å². The number of fused-ring (bicyclic) bond motifs is 8. The van der Waals surface area contributed by atoms with Gasteiger partial charge >= 0.3 is 0 Å². The van der Waals surface area contributed by atoms with Crippen LogP contribution in [0.4, 0.5) is 17.1 Å². The van der Waals surface area contributed by atoms with Gasteiger partial charge in [-0.05, 0) is 82.6 Å². The number of hydrogen-bond acceptors (Lipinski definition) is 2. The summed E-state index contributed by atoms with van der Waals surface area (Å²) in [6.45, 7) is 0. The summed E-state index contributed by atoms with van der Waals surface area (Å²) in [6, 6.07) is 66.0. The first-order chi connectivity index (χ1) is 24.3. The van der Waals surface area contributed by atoms with Crippen LogP contribution in [0.3, 0.4) is 0 Å². The number of anilines is 3. The number of aromatic nitrogens is 1. The zero-order valence-corrected chi connectivity index (χ0v) is 27.4. The second kappa shape index (κ2) is 11.2. The Hall–Kier alpha value is -6.16. The fourth-order valence-corrected chi connectivity index (χ4v) is 8.90. The highest BCUT2D eigenvalue weighted by molar-refractivity contribution is 7.26. The van der Waals surface area contributed by atoms with Crippen LogP contribution in [-0.4, -0.2) is 4.57 Å². The molecule has 10 rings (SSSR count). The summed E-state index contributed by atoms with van der Waals surface area (Å²) in [5.41, 5.74) is 9.42. The van der Waals surface area contributed by atoms with Gasteiger partial charge in [-0.1, -0.05) is 121 Å². The van der Waals surface area contributed by atoms with Crippen LogP contribution in [0.5, 0.6) is 0 Å². The van der Waals surface area contributed by atoms with E-state index >= 15 is 0 Å². The number of thiophene rings is 1. The summed E-state index contributed by atoms with van der Waals surface area (Å²) in [6.07, 6.45) is 0. The maximum absolute atomic E-state index is 2.40. The molecule has 0 saturated carbocycles. The van der Waals surface area contributed by atoms with Gasteiger partial charge in [0, 0.05) is 48.0 Å². The molecule has 0 spiro atoms. The molecule has 0 fully saturated rings. The second-order valence-electron chi connectivity index (χ2n) is 12.5. The van der Waals surface area contributed by atoms with E-state index in [0.717, 1.165) is 22.7 Å². The van der Waals surface area contributed by atoms with Crippen molar-refractivity contribution in [2.24, 2.45) is 0 Å². The molecule has 0 N–H and O–H groups in total. The lowest BCUT2D eigenvalue weighted by Crippen LogP contribution is -2.10. The number of hydrogen-bond donors (Lipinski definition) is 0. The van der Waals surface area contributed by atoms with Gasteiger partial charge in [0.2, 0.25) is 0 Å². The Kier molecular flexibility index (Phi) is 6.39. The highest BCUT2D eigenvalue weighted by Gasteiger charge is 2.21. The Morgan fingerprint density at radius 3 is 1.94 bits per heavy atom. The standard InChI is InChI=1S/C46H30N2S/c1-3-14-33(15-4-1)47(41-22-12-23-42-45(41)38-19-9-10-21-40(38)48(42)34-16-5-2-6-17-34)35-28-25-32(26-29-35)36-20-11-24-43-44(36)39-30-27-31-13-7-8-18-37(31)46(39)49-43/h1-30H. The summed E-state index contributed by atoms with van der Waals surface area (Å²) < 4.78 is 5.06. The average molecular weight is 643 g/mol. The third-order valence-corrected chi connectivity index (χ3v) is 11.0. The maximum Gasteiger partial charge on any atom is 0.0562 e. The van der Waals surface area contributed by atoms with Gasteiger partial charge in [0.05, 0.1) is 16.7 Å². The van der Waals surface area contributed by atoms with Gasteiger partial charge < -0.3 is 9.47 Å². The van der Waals surface area contributed by atoms with E-state index in [1.165, 1.54) is 63.9 Å². The highest BCUT2D eigenvalue weighted by Crippen LogP contribution is 2.46. The molecule has 0 bridgehead atoms. The van der Waals surface area contributed by atoms with Crippen LogP contribution in [0.2, 0.25) is 0 Å². The molecule has 8 aromatic carbocycles. The zero-order chi connectivity index (χ0) is 32.3. The summed E-state index contributed by atoms with van der Waals surface area (Å²) >= 11 is 1.89. The summed E-state index contributed by atoms with van der Waals surface area (Å²) in [5, 5.41) is 7.74. The molecule has 49 heavy (non-hydrogen) atoms. The van der Waals surface area contributed by atoms with E-state index in [0.29, 0.717) is 0 Å². The largest absolute Gasteiger partial charge is 0.310 e. The maximum atomic E-state index is 2.40. The summed E-state index contributed by atoms with van der Waals surface area (Å²) in [7, 11) is 0. The smallest absolute Gasteiger partial charge is 0.0562 e. The van der Waals surface area contributed by atoms with Crippen LogP contribution in [0.1, 0.15) is 0 Å². The van der Waals surface area contributed by atoms with Crippen molar-refractivity contribution in [3.05, 3.63) is 182 Å². The number of para-hydroxylation sites is 3. The second-order valence-corrected chi connectivity index (χ2v) is 13.6. The van der Waals surface area contributed by atoms with Crippen LogP contribution >= 0.6 is 11.3 Å². The minimum Gasteiger partial charge on any atom is -0.310 e. The number of rotatable bonds is 5. The molecule has 230 valence electrons. The van der Waals surface area contributed by atoms with E-state index < -0.39 is 0 Å². The quantitative estimate of drug-likeness (QED) is 0.181. The molecule has 0 radical (unpaired) electrons. The van der Waals surface area contributed by atoms with Gasteiger partial charge in [0.1, 0.15) is 0 Å². The lowest BCUT2D eigenvalue weighted by Gasteiger charge is -2.26. The van der Waals surface area contributed by atoms with Gasteiger partial charge in [-0.15, -0.1) is 11.3 Å². The predicted octanol–water partition coefficient (Wildman–Crippen LogP) is 13.4. The van der Waals surface area contributed by atoms with Gasteiger partial charge in [0.25, 0.3) is 0 Å². The lowest BCUT2D eigenvalue weighted by molar-refractivity contribution is 1.18. The normalized spacial score (nSPS) is 11.7. The van der Waals surface area contributed by atoms with Crippen LogP contribution in [0, 0.1) is 0 Å². The fraction of sp³-hybridized carbons (Fsp3) is 0. The first-order valence-corrected chi connectivity index (χ1v) is 17.5. The summed E-state index contributed by atoms with van der Waals surface area (Å²) in [4.78, 5) is 2.40. The van der Waals surface area contributed by atoms with E-state index in [9.17, 15) is 0 Å². The minimum atomic E-state index is 1.12. The minimum absolute atomic E-state index is 1.12. The van der Waals surface area contributed by atoms with Gasteiger partial charge in [-0.25, -0.2) is 0 Å². The zero-order valence-electron chi connectivity index (χ0n) is 26.6. The Morgan fingerprint density at radius 2 is 1.10 bits per heavy atom. The average Bonchev–Trinajstić information content (AvgIpc) is 3.73. The van der Waals surface area contributed by atoms with E-state index in [1.54, 1.807) is 0 Å². The van der Waals surface area contributed by atoms with Gasteiger partial charge in [-0.2, -0.15) is 0 Å². The van der Waals surface area contributed by atoms with Gasteiger partial charge in [0.15, 0.2) is 0 Å². The van der Waals surface area contributed by atoms with Crippen LogP contribution in [0.25, 0.3) is 69.6 Å². The molecule has 2 aromatic heterocycles. The molecule has 2 heterocycles. The number of nitrogens with zero attached hydrogens (tertiary/aromatic N) is 2. The van der Waals surface area contributed by atoms with Crippen molar-refractivity contribution in [2.45, 2.75) is 0 Å². The molecule has 0 amide bonds. The SMILES string of the molecule is c1ccc(N(c2ccc(-c3cccc4sc5c6ccccc6ccc5c34)cc2)c2cccc3c2c2ccccc2n3-c2ccccc2)cc1. The molecule has 0 aliphatic rings. The molecule has 3 heteroatoms. The Morgan fingerprint density at radius 1 is 0.429 bits per heavy atom. The molecule has 0 unspecified atom stereocenters. The van der Waals surface area contributed by atoms with Crippen LogP contribution in [-0.2, 0) is 0 Å². The van der Waals surface area contributed by atoms with E-state index in [4.69, 9.17) is 0 Å².